The fraction of sp³-hybridized carbons (Fsp3) is 0.600. The van der Waals surface area contributed by atoms with E-state index in [0.29, 0.717) is 0 Å². The molecule has 0 aliphatic carbocycles. The van der Waals surface area contributed by atoms with E-state index in [-0.39, 0.29) is 0 Å². The SMILES string of the molecule is COC(=O)[C@@]1([C@@](O)(c2nccn2C)C(F)(F)F)CO1. The highest BCUT2D eigenvalue weighted by Gasteiger charge is 2.80. The van der Waals surface area contributed by atoms with Gasteiger partial charge in [-0.05, 0) is 0 Å². The number of hydrogen-bond donors (Lipinski definition) is 1. The molecule has 1 fully saturated rings. The van der Waals surface area contributed by atoms with E-state index < -0.39 is 35.8 Å². The van der Waals surface area contributed by atoms with Crippen LogP contribution in [0.2, 0.25) is 0 Å². The average molecular weight is 280 g/mol. The molecule has 0 radical (unpaired) electrons. The van der Waals surface area contributed by atoms with Crippen LogP contribution in [-0.4, -0.2) is 46.1 Å². The minimum absolute atomic E-state index is 0.595. The van der Waals surface area contributed by atoms with Gasteiger partial charge >= 0.3 is 12.1 Å². The number of hydrogen-bond acceptors (Lipinski definition) is 5. The Balaban J connectivity index is 2.62. The Hall–Kier alpha value is -1.61. The highest BCUT2D eigenvalue weighted by Crippen LogP contribution is 2.53. The molecule has 6 nitrogen and oxygen atoms in total. The summed E-state index contributed by atoms with van der Waals surface area (Å²) in [4.78, 5) is 15.0. The van der Waals surface area contributed by atoms with E-state index in [4.69, 9.17) is 0 Å². The van der Waals surface area contributed by atoms with E-state index >= 15 is 0 Å². The summed E-state index contributed by atoms with van der Waals surface area (Å²) in [5.41, 5.74) is -6.07. The number of epoxide rings is 1. The third kappa shape index (κ3) is 1.65. The summed E-state index contributed by atoms with van der Waals surface area (Å²) in [6.07, 6.45) is -2.85. The maximum absolute atomic E-state index is 13.3. The van der Waals surface area contributed by atoms with Gasteiger partial charge in [-0.3, -0.25) is 0 Å². The molecule has 1 aliphatic heterocycles. The van der Waals surface area contributed by atoms with Crippen LogP contribution in [0.15, 0.2) is 12.4 Å². The number of esters is 1. The van der Waals surface area contributed by atoms with Gasteiger partial charge in [-0.15, -0.1) is 0 Å². The first-order chi connectivity index (χ1) is 8.70. The molecule has 0 bridgehead atoms. The summed E-state index contributed by atoms with van der Waals surface area (Å²) >= 11 is 0. The minimum Gasteiger partial charge on any atom is -0.467 e. The van der Waals surface area contributed by atoms with Crippen molar-refractivity contribution in [1.29, 1.82) is 0 Å². The number of aryl methyl sites for hydroxylation is 1. The summed E-state index contributed by atoms with van der Waals surface area (Å²) in [5.74, 6) is -2.03. The molecule has 0 saturated carbocycles. The van der Waals surface area contributed by atoms with Crippen LogP contribution in [0.1, 0.15) is 5.82 Å². The van der Waals surface area contributed by atoms with Crippen molar-refractivity contribution in [3.05, 3.63) is 18.2 Å². The lowest BCUT2D eigenvalue weighted by Crippen LogP contribution is -2.59. The Bertz CT molecular complexity index is 509. The number of aliphatic hydroxyl groups is 1. The fourth-order valence-electron chi connectivity index (χ4n) is 1.96. The number of carbonyl (C=O) groups is 1. The quantitative estimate of drug-likeness (QED) is 0.628. The zero-order valence-corrected chi connectivity index (χ0v) is 10.1. The first-order valence-electron chi connectivity index (χ1n) is 5.20. The number of rotatable bonds is 3. The molecule has 9 heteroatoms. The maximum Gasteiger partial charge on any atom is 0.428 e. The molecular formula is C10H11F3N2O4. The Labute approximate surface area is 105 Å². The first-order valence-corrected chi connectivity index (χ1v) is 5.20. The molecule has 1 aromatic rings. The van der Waals surface area contributed by atoms with E-state index in [1.807, 2.05) is 0 Å². The van der Waals surface area contributed by atoms with Crippen LogP contribution in [-0.2, 0) is 26.9 Å². The van der Waals surface area contributed by atoms with Gasteiger partial charge in [0.25, 0.3) is 5.60 Å². The first kappa shape index (κ1) is 13.8. The van der Waals surface area contributed by atoms with Crippen molar-refractivity contribution in [3.63, 3.8) is 0 Å². The molecule has 2 atom stereocenters. The Morgan fingerprint density at radius 2 is 2.21 bits per heavy atom. The number of methoxy groups -OCH3 is 1. The number of carbonyl (C=O) groups excluding carboxylic acids is 1. The molecule has 1 saturated heterocycles. The monoisotopic (exact) mass is 280 g/mol. The lowest BCUT2D eigenvalue weighted by atomic mass is 9.85. The molecule has 19 heavy (non-hydrogen) atoms. The third-order valence-corrected chi connectivity index (χ3v) is 3.09. The predicted molar refractivity (Wildman–Crippen MR) is 53.9 cm³/mol. The van der Waals surface area contributed by atoms with Gasteiger partial charge in [-0.25, -0.2) is 9.78 Å². The minimum atomic E-state index is -5.16. The van der Waals surface area contributed by atoms with Gasteiger partial charge in [0.1, 0.15) is 0 Å². The molecule has 1 aliphatic rings. The predicted octanol–water partition coefficient (Wildman–Crippen LogP) is 0.112. The Morgan fingerprint density at radius 3 is 2.53 bits per heavy atom. The third-order valence-electron chi connectivity index (χ3n) is 3.09. The lowest BCUT2D eigenvalue weighted by Gasteiger charge is -2.33. The van der Waals surface area contributed by atoms with Crippen molar-refractivity contribution >= 4 is 5.97 Å². The molecular weight excluding hydrogens is 269 g/mol. The zero-order chi connectivity index (χ0) is 14.5. The summed E-state index contributed by atoms with van der Waals surface area (Å²) in [6, 6.07) is 0. The standard InChI is InChI=1S/C10H11F3N2O4/c1-15-4-3-14-6(15)9(17,10(11,12)13)8(5-19-8)7(16)18-2/h3-4,17H,5H2,1-2H3/t8-,9+/m1/s1. The van der Waals surface area contributed by atoms with Gasteiger partial charge in [-0.2, -0.15) is 13.2 Å². The van der Waals surface area contributed by atoms with Crippen molar-refractivity contribution in [2.75, 3.05) is 13.7 Å². The molecule has 0 unspecified atom stereocenters. The molecule has 0 spiro atoms. The molecule has 106 valence electrons. The lowest BCUT2D eigenvalue weighted by molar-refractivity contribution is -0.292. The van der Waals surface area contributed by atoms with Crippen LogP contribution in [0.25, 0.3) is 0 Å². The number of imidazole rings is 1. The molecule has 2 rings (SSSR count). The number of aromatic nitrogens is 2. The second kappa shape index (κ2) is 3.94. The van der Waals surface area contributed by atoms with Gasteiger partial charge in [0.2, 0.25) is 5.60 Å². The molecule has 0 aromatic carbocycles. The van der Waals surface area contributed by atoms with Crippen LogP contribution in [0.4, 0.5) is 13.2 Å². The van der Waals surface area contributed by atoms with E-state index in [2.05, 4.69) is 14.5 Å². The average Bonchev–Trinajstić information content (AvgIpc) is 3.03. The highest BCUT2D eigenvalue weighted by molar-refractivity contribution is 5.84. The smallest absolute Gasteiger partial charge is 0.428 e. The topological polar surface area (TPSA) is 76.9 Å². The number of ether oxygens (including phenoxy) is 2. The largest absolute Gasteiger partial charge is 0.467 e. The van der Waals surface area contributed by atoms with Gasteiger partial charge in [0.05, 0.1) is 13.7 Å². The van der Waals surface area contributed by atoms with Crippen LogP contribution in [0.3, 0.4) is 0 Å². The van der Waals surface area contributed by atoms with E-state index in [9.17, 15) is 23.1 Å². The summed E-state index contributed by atoms with van der Waals surface area (Å²) in [5, 5.41) is 10.1. The van der Waals surface area contributed by atoms with Crippen molar-refractivity contribution in [2.24, 2.45) is 7.05 Å². The molecule has 0 amide bonds. The van der Waals surface area contributed by atoms with Crippen LogP contribution in [0.5, 0.6) is 0 Å². The van der Waals surface area contributed by atoms with Crippen LogP contribution >= 0.6 is 0 Å². The van der Waals surface area contributed by atoms with Crippen molar-refractivity contribution in [1.82, 2.24) is 9.55 Å². The zero-order valence-electron chi connectivity index (χ0n) is 10.1. The summed E-state index contributed by atoms with van der Waals surface area (Å²) in [6.45, 7) is -0.595. The summed E-state index contributed by atoms with van der Waals surface area (Å²) in [7, 11) is 2.19. The summed E-state index contributed by atoms with van der Waals surface area (Å²) < 4.78 is 49.8. The highest BCUT2D eigenvalue weighted by atomic mass is 19.4. The number of alkyl halides is 3. The van der Waals surface area contributed by atoms with Gasteiger partial charge in [-0.1, -0.05) is 0 Å². The van der Waals surface area contributed by atoms with Gasteiger partial charge in [0.15, 0.2) is 5.82 Å². The van der Waals surface area contributed by atoms with Gasteiger partial charge < -0.3 is 19.1 Å². The molecule has 1 N–H and O–H groups in total. The Kier molecular flexibility index (Phi) is 2.86. The van der Waals surface area contributed by atoms with Crippen molar-refractivity contribution in [3.8, 4) is 0 Å². The maximum atomic E-state index is 13.3. The van der Waals surface area contributed by atoms with Gasteiger partial charge in [0, 0.05) is 19.4 Å². The van der Waals surface area contributed by atoms with E-state index in [0.717, 1.165) is 17.9 Å². The molecule has 1 aromatic heterocycles. The fourth-order valence-corrected chi connectivity index (χ4v) is 1.96. The number of nitrogens with zero attached hydrogens (tertiary/aromatic N) is 2. The van der Waals surface area contributed by atoms with Crippen LogP contribution < -0.4 is 0 Å². The normalized spacial score (nSPS) is 25.8. The van der Waals surface area contributed by atoms with E-state index in [1.54, 1.807) is 0 Å². The van der Waals surface area contributed by atoms with Crippen molar-refractivity contribution < 1.29 is 32.5 Å². The number of halogens is 3. The van der Waals surface area contributed by atoms with E-state index in [1.165, 1.54) is 13.2 Å². The van der Waals surface area contributed by atoms with Crippen LogP contribution in [0, 0.1) is 0 Å². The second-order valence-electron chi connectivity index (χ2n) is 4.18. The molecule has 2 heterocycles. The Morgan fingerprint density at radius 1 is 1.63 bits per heavy atom. The second-order valence-corrected chi connectivity index (χ2v) is 4.18. The van der Waals surface area contributed by atoms with Crippen molar-refractivity contribution in [2.45, 2.75) is 17.4 Å².